The average molecular weight is 398 g/mol. The van der Waals surface area contributed by atoms with Crippen LogP contribution >= 0.6 is 0 Å². The van der Waals surface area contributed by atoms with E-state index in [0.717, 1.165) is 5.92 Å². The van der Waals surface area contributed by atoms with Crippen molar-refractivity contribution in [1.29, 1.82) is 0 Å². The van der Waals surface area contributed by atoms with E-state index in [-0.39, 0.29) is 0 Å². The SMILES string of the molecule is Cc1cc(C)c(B(CCCCC23C=CC(CC2)C3)c2c(C)cc(C)cc2C)c(C)c1. The predicted octanol–water partition coefficient (Wildman–Crippen LogP) is 6.67. The van der Waals surface area contributed by atoms with Crippen molar-refractivity contribution in [3.8, 4) is 0 Å². The summed E-state index contributed by atoms with van der Waals surface area (Å²) in [6.45, 7) is 14.3. The van der Waals surface area contributed by atoms with Crippen molar-refractivity contribution in [3.05, 3.63) is 69.8 Å². The van der Waals surface area contributed by atoms with Crippen LogP contribution in [0.3, 0.4) is 0 Å². The molecule has 0 N–H and O–H groups in total. The van der Waals surface area contributed by atoms with Crippen LogP contribution in [0.5, 0.6) is 0 Å². The molecule has 158 valence electrons. The van der Waals surface area contributed by atoms with Gasteiger partial charge in [-0.1, -0.05) is 99.9 Å². The maximum Gasteiger partial charge on any atom is 0.210 e. The van der Waals surface area contributed by atoms with Crippen molar-refractivity contribution in [1.82, 2.24) is 0 Å². The summed E-state index contributed by atoms with van der Waals surface area (Å²) in [5.74, 6) is 0.897. The Balaban J connectivity index is 1.59. The Morgan fingerprint density at radius 3 is 1.73 bits per heavy atom. The van der Waals surface area contributed by atoms with Gasteiger partial charge in [-0.05, 0) is 78.6 Å². The van der Waals surface area contributed by atoms with Crippen molar-refractivity contribution in [2.24, 2.45) is 11.3 Å². The quantitative estimate of drug-likeness (QED) is 0.277. The van der Waals surface area contributed by atoms with E-state index in [4.69, 9.17) is 0 Å². The number of aryl methyl sites for hydroxylation is 6. The van der Waals surface area contributed by atoms with E-state index in [2.05, 4.69) is 78.0 Å². The van der Waals surface area contributed by atoms with E-state index in [1.165, 1.54) is 78.2 Å². The third kappa shape index (κ3) is 4.18. The summed E-state index contributed by atoms with van der Waals surface area (Å²) in [7, 11) is 0. The maximum absolute atomic E-state index is 2.57. The lowest BCUT2D eigenvalue weighted by molar-refractivity contribution is 0.356. The molecule has 2 atom stereocenters. The molecule has 2 aromatic carbocycles. The van der Waals surface area contributed by atoms with E-state index in [1.807, 2.05) is 0 Å². The largest absolute Gasteiger partial charge is 0.210 e. The van der Waals surface area contributed by atoms with Gasteiger partial charge in [-0.25, -0.2) is 0 Å². The van der Waals surface area contributed by atoms with Gasteiger partial charge in [0.1, 0.15) is 0 Å². The summed E-state index contributed by atoms with van der Waals surface area (Å²) in [4.78, 5) is 0. The normalized spacial score (nSPS) is 22.1. The van der Waals surface area contributed by atoms with Gasteiger partial charge in [0.15, 0.2) is 0 Å². The van der Waals surface area contributed by atoms with Gasteiger partial charge in [0.05, 0.1) is 0 Å². The fraction of sp³-hybridized carbons (Fsp3) is 0.517. The van der Waals surface area contributed by atoms with Crippen LogP contribution in [0, 0.1) is 52.9 Å². The van der Waals surface area contributed by atoms with Crippen LogP contribution in [0.1, 0.15) is 71.9 Å². The topological polar surface area (TPSA) is 0 Å². The molecule has 2 aliphatic carbocycles. The van der Waals surface area contributed by atoms with Crippen molar-refractivity contribution in [3.63, 3.8) is 0 Å². The fourth-order valence-corrected chi connectivity index (χ4v) is 6.91. The molecule has 4 rings (SSSR count). The number of hydrogen-bond donors (Lipinski definition) is 0. The molecule has 30 heavy (non-hydrogen) atoms. The van der Waals surface area contributed by atoms with Gasteiger partial charge < -0.3 is 0 Å². The van der Waals surface area contributed by atoms with Gasteiger partial charge in [0.25, 0.3) is 0 Å². The second kappa shape index (κ2) is 8.41. The zero-order valence-corrected chi connectivity index (χ0v) is 20.1. The first-order valence-electron chi connectivity index (χ1n) is 12.1. The highest BCUT2D eigenvalue weighted by Crippen LogP contribution is 2.52. The third-order valence-electron chi connectivity index (χ3n) is 7.99. The van der Waals surface area contributed by atoms with Crippen LogP contribution in [0.2, 0.25) is 6.32 Å². The maximum atomic E-state index is 2.57. The molecule has 1 heteroatoms. The molecule has 1 fully saturated rings. The first-order chi connectivity index (χ1) is 14.3. The van der Waals surface area contributed by atoms with Crippen LogP contribution in [0.15, 0.2) is 36.4 Å². The Labute approximate surface area is 185 Å². The molecule has 2 bridgehead atoms. The lowest BCUT2D eigenvalue weighted by atomic mass is 9.35. The van der Waals surface area contributed by atoms with E-state index >= 15 is 0 Å². The van der Waals surface area contributed by atoms with Gasteiger partial charge in [0, 0.05) is 0 Å². The van der Waals surface area contributed by atoms with Gasteiger partial charge in [-0.15, -0.1) is 0 Å². The summed E-state index contributed by atoms with van der Waals surface area (Å²) < 4.78 is 0. The first-order valence-corrected chi connectivity index (χ1v) is 12.1. The molecule has 0 heterocycles. The highest BCUT2D eigenvalue weighted by molar-refractivity contribution is 6.86. The molecule has 0 aromatic heterocycles. The molecular formula is C29H39B. The molecule has 2 unspecified atom stereocenters. The Hall–Kier alpha value is -1.76. The second-order valence-electron chi connectivity index (χ2n) is 10.6. The minimum Gasteiger partial charge on any atom is -0.0848 e. The van der Waals surface area contributed by atoms with Crippen molar-refractivity contribution in [2.45, 2.75) is 86.4 Å². The molecular weight excluding hydrogens is 359 g/mol. The third-order valence-corrected chi connectivity index (χ3v) is 7.99. The lowest BCUT2D eigenvalue weighted by Gasteiger charge is -2.26. The molecule has 2 aromatic rings. The van der Waals surface area contributed by atoms with Crippen LogP contribution in [-0.4, -0.2) is 6.71 Å². The molecule has 0 radical (unpaired) electrons. The van der Waals surface area contributed by atoms with Gasteiger partial charge in [-0.2, -0.15) is 0 Å². The number of allylic oxidation sites excluding steroid dienone is 2. The Bertz CT molecular complexity index is 863. The van der Waals surface area contributed by atoms with E-state index in [9.17, 15) is 0 Å². The van der Waals surface area contributed by atoms with E-state index in [0.29, 0.717) is 12.1 Å². The summed E-state index contributed by atoms with van der Waals surface area (Å²) in [5, 5.41) is 0. The van der Waals surface area contributed by atoms with Gasteiger partial charge in [0.2, 0.25) is 6.71 Å². The number of benzene rings is 2. The van der Waals surface area contributed by atoms with Crippen LogP contribution < -0.4 is 10.9 Å². The van der Waals surface area contributed by atoms with Crippen molar-refractivity contribution < 1.29 is 0 Å². The van der Waals surface area contributed by atoms with Gasteiger partial charge >= 0.3 is 0 Å². The predicted molar refractivity (Wildman–Crippen MR) is 134 cm³/mol. The zero-order valence-electron chi connectivity index (χ0n) is 20.1. The molecule has 1 saturated carbocycles. The summed E-state index contributed by atoms with van der Waals surface area (Å²) in [6, 6.07) is 9.54. The smallest absolute Gasteiger partial charge is 0.0848 e. The minimum atomic E-state index is 0.513. The number of fused-ring (bicyclic) bond motifs is 2. The Morgan fingerprint density at radius 2 is 1.33 bits per heavy atom. The minimum absolute atomic E-state index is 0.513. The first kappa shape index (κ1) is 21.5. The molecule has 0 aliphatic heterocycles. The summed E-state index contributed by atoms with van der Waals surface area (Å²) in [5.41, 5.74) is 12.3. The van der Waals surface area contributed by atoms with E-state index < -0.39 is 0 Å². The van der Waals surface area contributed by atoms with Crippen LogP contribution in [-0.2, 0) is 0 Å². The monoisotopic (exact) mass is 398 g/mol. The molecule has 0 saturated heterocycles. The highest BCUT2D eigenvalue weighted by atomic mass is 14.4. The molecule has 2 aliphatic rings. The molecule has 0 spiro atoms. The summed E-state index contributed by atoms with van der Waals surface area (Å²) >= 11 is 0. The van der Waals surface area contributed by atoms with Crippen LogP contribution in [0.25, 0.3) is 0 Å². The van der Waals surface area contributed by atoms with Gasteiger partial charge in [-0.3, -0.25) is 0 Å². The number of unbranched alkanes of at least 4 members (excludes halogenated alkanes) is 1. The zero-order chi connectivity index (χ0) is 21.5. The van der Waals surface area contributed by atoms with Crippen molar-refractivity contribution in [2.75, 3.05) is 0 Å². The number of hydrogen-bond acceptors (Lipinski definition) is 0. The Kier molecular flexibility index (Phi) is 6.02. The fourth-order valence-electron chi connectivity index (χ4n) is 6.91. The highest BCUT2D eigenvalue weighted by Gasteiger charge is 2.39. The Morgan fingerprint density at radius 1 is 0.800 bits per heavy atom. The molecule has 0 nitrogen and oxygen atoms in total. The summed E-state index contributed by atoms with van der Waals surface area (Å²) in [6.07, 6.45) is 14.7. The van der Waals surface area contributed by atoms with E-state index in [1.54, 1.807) is 10.9 Å². The van der Waals surface area contributed by atoms with Crippen molar-refractivity contribution >= 4 is 17.6 Å². The van der Waals surface area contributed by atoms with Crippen LogP contribution in [0.4, 0.5) is 0 Å². The average Bonchev–Trinajstić information content (AvgIpc) is 3.24. The standard InChI is InChI=1S/C29H39B/c1-20-15-22(3)27(23(4)16-20)30(28-24(5)17-21(2)18-25(28)6)14-8-7-11-29-12-9-26(19-29)10-13-29/h9,12,15-18,26H,7-8,10-11,13-14,19H2,1-6H3. The lowest BCUT2D eigenvalue weighted by Crippen LogP contribution is -2.47. The number of rotatable bonds is 7. The second-order valence-corrected chi connectivity index (χ2v) is 10.6. The molecule has 0 amide bonds.